The standard InChI is InChI=1S/C12H13N5.Cu/c1-2-12-13-7-8-16(12)9-17-11-6-4-3-5-10(11)14-15-17;/h3-8H,2,9H2,1H3;. The van der Waals surface area contributed by atoms with Gasteiger partial charge in [0.15, 0.2) is 0 Å². The van der Waals surface area contributed by atoms with Crippen molar-refractivity contribution >= 4 is 11.0 Å². The van der Waals surface area contributed by atoms with E-state index in [1.165, 1.54) is 0 Å². The Hall–Kier alpha value is -1.65. The fourth-order valence-electron chi connectivity index (χ4n) is 1.95. The molecule has 0 spiro atoms. The molecule has 1 aromatic carbocycles. The van der Waals surface area contributed by atoms with E-state index >= 15 is 0 Å². The number of para-hydroxylation sites is 1. The maximum atomic E-state index is 4.30. The molecule has 3 rings (SSSR count). The Morgan fingerprint density at radius 3 is 2.89 bits per heavy atom. The second kappa shape index (κ2) is 5.33. The summed E-state index contributed by atoms with van der Waals surface area (Å²) in [7, 11) is 0. The van der Waals surface area contributed by atoms with Gasteiger partial charge in [0.2, 0.25) is 0 Å². The second-order valence-electron chi connectivity index (χ2n) is 3.89. The molecule has 3 aromatic rings. The smallest absolute Gasteiger partial charge is 0.119 e. The first-order valence-electron chi connectivity index (χ1n) is 5.66. The molecule has 0 fully saturated rings. The molecule has 6 heteroatoms. The van der Waals surface area contributed by atoms with Crippen molar-refractivity contribution in [3.63, 3.8) is 0 Å². The molecule has 2 heterocycles. The van der Waals surface area contributed by atoms with Crippen LogP contribution in [0.5, 0.6) is 0 Å². The summed E-state index contributed by atoms with van der Waals surface area (Å²) in [6, 6.07) is 7.96. The summed E-state index contributed by atoms with van der Waals surface area (Å²) in [5.74, 6) is 1.06. The molecule has 0 amide bonds. The summed E-state index contributed by atoms with van der Waals surface area (Å²) < 4.78 is 3.97. The molecule has 5 nitrogen and oxygen atoms in total. The van der Waals surface area contributed by atoms with Gasteiger partial charge in [-0.3, -0.25) is 0 Å². The molecule has 0 aliphatic carbocycles. The summed E-state index contributed by atoms with van der Waals surface area (Å²) in [6.45, 7) is 2.75. The van der Waals surface area contributed by atoms with Gasteiger partial charge in [-0.2, -0.15) is 0 Å². The van der Waals surface area contributed by atoms with Crippen LogP contribution in [0.1, 0.15) is 12.7 Å². The monoisotopic (exact) mass is 290 g/mol. The van der Waals surface area contributed by atoms with E-state index in [9.17, 15) is 0 Å². The molecule has 0 unspecified atom stereocenters. The number of imidazole rings is 1. The van der Waals surface area contributed by atoms with Crippen LogP contribution in [0.4, 0.5) is 0 Å². The van der Waals surface area contributed by atoms with Crippen molar-refractivity contribution in [3.8, 4) is 0 Å². The molecule has 2 aromatic heterocycles. The zero-order valence-electron chi connectivity index (χ0n) is 9.92. The first-order chi connectivity index (χ1) is 8.38. The molecular weight excluding hydrogens is 278 g/mol. The van der Waals surface area contributed by atoms with Crippen LogP contribution in [0.2, 0.25) is 0 Å². The van der Waals surface area contributed by atoms with Gasteiger partial charge in [-0.05, 0) is 12.1 Å². The van der Waals surface area contributed by atoms with Crippen molar-refractivity contribution < 1.29 is 17.1 Å². The third kappa shape index (κ3) is 2.17. The van der Waals surface area contributed by atoms with Gasteiger partial charge in [-0.1, -0.05) is 24.3 Å². The largest absolute Gasteiger partial charge is 0.315 e. The summed E-state index contributed by atoms with van der Waals surface area (Å²) >= 11 is 0. The average molecular weight is 291 g/mol. The molecule has 0 atom stereocenters. The number of rotatable bonds is 3. The second-order valence-corrected chi connectivity index (χ2v) is 3.89. The molecule has 0 aliphatic rings. The number of aromatic nitrogens is 5. The Labute approximate surface area is 115 Å². The molecular formula is C12H13CuN5. The van der Waals surface area contributed by atoms with Crippen LogP contribution < -0.4 is 0 Å². The van der Waals surface area contributed by atoms with Crippen molar-refractivity contribution in [1.29, 1.82) is 0 Å². The van der Waals surface area contributed by atoms with Gasteiger partial charge in [0.1, 0.15) is 18.0 Å². The van der Waals surface area contributed by atoms with Gasteiger partial charge >= 0.3 is 0 Å². The summed E-state index contributed by atoms with van der Waals surface area (Å²) in [5, 5.41) is 8.30. The van der Waals surface area contributed by atoms with Crippen LogP contribution in [0, 0.1) is 0 Å². The van der Waals surface area contributed by atoms with Crippen LogP contribution >= 0.6 is 0 Å². The SMILES string of the molecule is CCc1nccn1Cn1nnc2ccccc21.[Cu]. The van der Waals surface area contributed by atoms with Crippen molar-refractivity contribution in [3.05, 3.63) is 42.5 Å². The van der Waals surface area contributed by atoms with Crippen LogP contribution in [-0.2, 0) is 30.2 Å². The van der Waals surface area contributed by atoms with Crippen LogP contribution in [-0.4, -0.2) is 24.5 Å². The quantitative estimate of drug-likeness (QED) is 0.690. The third-order valence-corrected chi connectivity index (χ3v) is 2.82. The normalized spacial score (nSPS) is 10.5. The van der Waals surface area contributed by atoms with Crippen molar-refractivity contribution in [2.75, 3.05) is 0 Å². The molecule has 0 aliphatic heterocycles. The molecule has 0 saturated carbocycles. The van der Waals surface area contributed by atoms with E-state index in [0.29, 0.717) is 6.67 Å². The maximum absolute atomic E-state index is 4.30. The average Bonchev–Trinajstić information content (AvgIpc) is 2.97. The summed E-state index contributed by atoms with van der Waals surface area (Å²) in [6.07, 6.45) is 4.70. The van der Waals surface area contributed by atoms with E-state index in [2.05, 4.69) is 26.8 Å². The fourth-order valence-corrected chi connectivity index (χ4v) is 1.95. The fraction of sp³-hybridized carbons (Fsp3) is 0.250. The minimum Gasteiger partial charge on any atom is -0.315 e. The van der Waals surface area contributed by atoms with Gasteiger partial charge in [0.25, 0.3) is 0 Å². The molecule has 0 saturated heterocycles. The van der Waals surface area contributed by atoms with E-state index in [0.717, 1.165) is 23.3 Å². The molecule has 97 valence electrons. The molecule has 0 bridgehead atoms. The van der Waals surface area contributed by atoms with E-state index in [1.807, 2.05) is 41.3 Å². The van der Waals surface area contributed by atoms with Gasteiger partial charge in [0.05, 0.1) is 5.52 Å². The Bertz CT molecular complexity index is 643. The van der Waals surface area contributed by atoms with Crippen molar-refractivity contribution in [2.45, 2.75) is 20.0 Å². The first kappa shape index (κ1) is 12.8. The van der Waals surface area contributed by atoms with Gasteiger partial charge in [-0.25, -0.2) is 9.67 Å². The maximum Gasteiger partial charge on any atom is 0.119 e. The Morgan fingerprint density at radius 2 is 2.06 bits per heavy atom. The van der Waals surface area contributed by atoms with Crippen molar-refractivity contribution in [2.24, 2.45) is 0 Å². The van der Waals surface area contributed by atoms with Crippen LogP contribution in [0.3, 0.4) is 0 Å². The predicted octanol–water partition coefficient (Wildman–Crippen LogP) is 1.69. The van der Waals surface area contributed by atoms with E-state index in [4.69, 9.17) is 0 Å². The number of hydrogen-bond acceptors (Lipinski definition) is 3. The topological polar surface area (TPSA) is 48.5 Å². The number of nitrogens with zero attached hydrogens (tertiary/aromatic N) is 5. The van der Waals surface area contributed by atoms with Crippen molar-refractivity contribution in [1.82, 2.24) is 24.5 Å². The molecule has 1 radical (unpaired) electrons. The molecule has 0 N–H and O–H groups in total. The Balaban J connectivity index is 0.00000120. The first-order valence-corrected chi connectivity index (χ1v) is 5.66. The number of fused-ring (bicyclic) bond motifs is 1. The Kier molecular flexibility index (Phi) is 3.79. The predicted molar refractivity (Wildman–Crippen MR) is 64.5 cm³/mol. The number of hydrogen-bond donors (Lipinski definition) is 0. The van der Waals surface area contributed by atoms with E-state index in [1.54, 1.807) is 0 Å². The number of aryl methyl sites for hydroxylation is 1. The zero-order chi connectivity index (χ0) is 11.7. The van der Waals surface area contributed by atoms with Crippen LogP contribution in [0.25, 0.3) is 11.0 Å². The minimum atomic E-state index is 0. The zero-order valence-corrected chi connectivity index (χ0v) is 10.9. The van der Waals surface area contributed by atoms with Crippen LogP contribution in [0.15, 0.2) is 36.7 Å². The Morgan fingerprint density at radius 1 is 1.22 bits per heavy atom. The molecule has 18 heavy (non-hydrogen) atoms. The van der Waals surface area contributed by atoms with E-state index < -0.39 is 0 Å². The minimum absolute atomic E-state index is 0. The summed E-state index contributed by atoms with van der Waals surface area (Å²) in [4.78, 5) is 4.30. The third-order valence-electron chi connectivity index (χ3n) is 2.82. The van der Waals surface area contributed by atoms with Gasteiger partial charge in [0, 0.05) is 35.9 Å². The van der Waals surface area contributed by atoms with Gasteiger partial charge in [-0.15, -0.1) is 5.10 Å². The number of benzene rings is 1. The van der Waals surface area contributed by atoms with E-state index in [-0.39, 0.29) is 17.1 Å². The summed E-state index contributed by atoms with van der Waals surface area (Å²) in [5.41, 5.74) is 1.97. The van der Waals surface area contributed by atoms with Gasteiger partial charge < -0.3 is 4.57 Å².